The molecule has 0 aliphatic carbocycles. The summed E-state index contributed by atoms with van der Waals surface area (Å²) in [6.45, 7) is 5.92. The van der Waals surface area contributed by atoms with Crippen molar-refractivity contribution in [2.45, 2.75) is 6.92 Å². The van der Waals surface area contributed by atoms with Gasteiger partial charge in [0.1, 0.15) is 17.3 Å². The molecule has 1 aliphatic heterocycles. The maximum atomic E-state index is 13.1. The molecule has 2 heterocycles. The standard InChI is InChI=1S/C20H20FN3O/c1-14-13-23-19-7-4-16(24-10-8-22-9-11-24)12-18(19)20(14)25-17-5-2-15(21)3-6-17/h2-7,12-13,22H,8-11H2,1H3. The van der Waals surface area contributed by atoms with Crippen LogP contribution in [0.3, 0.4) is 0 Å². The number of halogens is 1. The number of fused-ring (bicyclic) bond motifs is 1. The SMILES string of the molecule is Cc1cnc2ccc(N3CCNCC3)cc2c1Oc1ccc(F)cc1. The molecule has 4 rings (SSSR count). The van der Waals surface area contributed by atoms with E-state index in [-0.39, 0.29) is 5.82 Å². The summed E-state index contributed by atoms with van der Waals surface area (Å²) < 4.78 is 19.2. The van der Waals surface area contributed by atoms with Crippen LogP contribution < -0.4 is 15.0 Å². The number of rotatable bonds is 3. The molecule has 0 unspecified atom stereocenters. The lowest BCUT2D eigenvalue weighted by molar-refractivity contribution is 0.482. The van der Waals surface area contributed by atoms with Crippen LogP contribution in [0.25, 0.3) is 10.9 Å². The van der Waals surface area contributed by atoms with Gasteiger partial charge in [-0.1, -0.05) is 0 Å². The molecule has 4 nitrogen and oxygen atoms in total. The number of pyridine rings is 1. The van der Waals surface area contributed by atoms with Crippen molar-refractivity contribution in [1.29, 1.82) is 0 Å². The molecule has 1 aliphatic rings. The summed E-state index contributed by atoms with van der Waals surface area (Å²) in [6, 6.07) is 12.4. The number of hydrogen-bond acceptors (Lipinski definition) is 4. The summed E-state index contributed by atoms with van der Waals surface area (Å²) in [7, 11) is 0. The molecule has 0 atom stereocenters. The van der Waals surface area contributed by atoms with E-state index in [1.165, 1.54) is 17.8 Å². The largest absolute Gasteiger partial charge is 0.456 e. The maximum absolute atomic E-state index is 13.1. The molecular formula is C20H20FN3O. The van der Waals surface area contributed by atoms with Gasteiger partial charge in [0.15, 0.2) is 0 Å². The molecule has 1 N–H and O–H groups in total. The van der Waals surface area contributed by atoms with Crippen molar-refractivity contribution in [3.63, 3.8) is 0 Å². The zero-order chi connectivity index (χ0) is 17.2. The number of piperazine rings is 1. The monoisotopic (exact) mass is 337 g/mol. The van der Waals surface area contributed by atoms with Crippen molar-refractivity contribution in [2.24, 2.45) is 0 Å². The Kier molecular flexibility index (Phi) is 4.24. The fourth-order valence-corrected chi connectivity index (χ4v) is 3.13. The number of benzene rings is 2. The Morgan fingerprint density at radius 2 is 1.84 bits per heavy atom. The predicted octanol–water partition coefficient (Wildman–Crippen LogP) is 3.88. The second-order valence-corrected chi connectivity index (χ2v) is 6.26. The number of nitrogens with zero attached hydrogens (tertiary/aromatic N) is 2. The van der Waals surface area contributed by atoms with Gasteiger partial charge in [-0.2, -0.15) is 0 Å². The summed E-state index contributed by atoms with van der Waals surface area (Å²) in [5, 5.41) is 4.34. The highest BCUT2D eigenvalue weighted by Gasteiger charge is 2.14. The van der Waals surface area contributed by atoms with E-state index in [4.69, 9.17) is 4.74 Å². The molecule has 2 aromatic carbocycles. The lowest BCUT2D eigenvalue weighted by Gasteiger charge is -2.29. The van der Waals surface area contributed by atoms with Gasteiger partial charge in [0.25, 0.3) is 0 Å². The van der Waals surface area contributed by atoms with Crippen LogP contribution in [0, 0.1) is 12.7 Å². The zero-order valence-corrected chi connectivity index (χ0v) is 14.1. The van der Waals surface area contributed by atoms with Crippen LogP contribution in [0.1, 0.15) is 5.56 Å². The van der Waals surface area contributed by atoms with Gasteiger partial charge in [0.2, 0.25) is 0 Å². The highest BCUT2D eigenvalue weighted by atomic mass is 19.1. The molecule has 5 heteroatoms. The van der Waals surface area contributed by atoms with Gasteiger partial charge in [-0.3, -0.25) is 4.98 Å². The van der Waals surface area contributed by atoms with E-state index in [0.29, 0.717) is 5.75 Å². The number of anilines is 1. The van der Waals surface area contributed by atoms with E-state index >= 15 is 0 Å². The van der Waals surface area contributed by atoms with Gasteiger partial charge in [-0.15, -0.1) is 0 Å². The fraction of sp³-hybridized carbons (Fsp3) is 0.250. The molecule has 0 amide bonds. The van der Waals surface area contributed by atoms with Crippen LogP contribution in [0.15, 0.2) is 48.7 Å². The van der Waals surface area contributed by atoms with E-state index in [9.17, 15) is 4.39 Å². The molecule has 1 fully saturated rings. The maximum Gasteiger partial charge on any atom is 0.141 e. The van der Waals surface area contributed by atoms with Crippen LogP contribution in [0.5, 0.6) is 11.5 Å². The lowest BCUT2D eigenvalue weighted by Crippen LogP contribution is -2.43. The molecule has 1 aromatic heterocycles. The first-order chi connectivity index (χ1) is 12.2. The number of aromatic nitrogens is 1. The third-order valence-electron chi connectivity index (χ3n) is 4.50. The third-order valence-corrected chi connectivity index (χ3v) is 4.50. The minimum Gasteiger partial charge on any atom is -0.456 e. The molecule has 3 aromatic rings. The van der Waals surface area contributed by atoms with Crippen LogP contribution >= 0.6 is 0 Å². The summed E-state index contributed by atoms with van der Waals surface area (Å²) in [4.78, 5) is 6.87. The van der Waals surface area contributed by atoms with Crippen LogP contribution in [0.4, 0.5) is 10.1 Å². The summed E-state index contributed by atoms with van der Waals surface area (Å²) in [6.07, 6.45) is 1.81. The Morgan fingerprint density at radius 1 is 1.08 bits per heavy atom. The van der Waals surface area contributed by atoms with Crippen molar-refractivity contribution in [2.75, 3.05) is 31.1 Å². The third kappa shape index (κ3) is 3.28. The molecule has 0 radical (unpaired) electrons. The van der Waals surface area contributed by atoms with E-state index in [1.807, 2.05) is 19.2 Å². The minimum absolute atomic E-state index is 0.273. The molecule has 0 bridgehead atoms. The van der Waals surface area contributed by atoms with Crippen LogP contribution in [0.2, 0.25) is 0 Å². The van der Waals surface area contributed by atoms with Crippen molar-refractivity contribution < 1.29 is 9.13 Å². The Labute approximate surface area is 146 Å². The van der Waals surface area contributed by atoms with Crippen molar-refractivity contribution in [3.05, 3.63) is 60.0 Å². The number of aryl methyl sites for hydroxylation is 1. The van der Waals surface area contributed by atoms with Crippen molar-refractivity contribution in [3.8, 4) is 11.5 Å². The highest BCUT2D eigenvalue weighted by Crippen LogP contribution is 2.34. The normalized spacial score (nSPS) is 14.7. The number of ether oxygens (including phenoxy) is 1. The minimum atomic E-state index is -0.273. The Bertz CT molecular complexity index is 889. The lowest BCUT2D eigenvalue weighted by atomic mass is 10.1. The molecule has 25 heavy (non-hydrogen) atoms. The van der Waals surface area contributed by atoms with Gasteiger partial charge in [0, 0.05) is 49.0 Å². The van der Waals surface area contributed by atoms with Crippen LogP contribution in [-0.2, 0) is 0 Å². The van der Waals surface area contributed by atoms with E-state index in [1.54, 1.807) is 12.1 Å². The van der Waals surface area contributed by atoms with Gasteiger partial charge in [0.05, 0.1) is 5.52 Å². The van der Waals surface area contributed by atoms with Crippen molar-refractivity contribution in [1.82, 2.24) is 10.3 Å². The van der Waals surface area contributed by atoms with Gasteiger partial charge in [-0.25, -0.2) is 4.39 Å². The first-order valence-electron chi connectivity index (χ1n) is 8.49. The quantitative estimate of drug-likeness (QED) is 0.787. The second kappa shape index (κ2) is 6.69. The topological polar surface area (TPSA) is 37.4 Å². The molecule has 0 saturated carbocycles. The number of hydrogen-bond donors (Lipinski definition) is 1. The first-order valence-corrected chi connectivity index (χ1v) is 8.49. The second-order valence-electron chi connectivity index (χ2n) is 6.26. The van der Waals surface area contributed by atoms with Crippen LogP contribution in [-0.4, -0.2) is 31.2 Å². The Balaban J connectivity index is 1.75. The number of nitrogens with one attached hydrogen (secondary N) is 1. The molecular weight excluding hydrogens is 317 g/mol. The average molecular weight is 337 g/mol. The fourth-order valence-electron chi connectivity index (χ4n) is 3.13. The van der Waals surface area contributed by atoms with Gasteiger partial charge in [-0.05, 0) is 49.4 Å². The van der Waals surface area contributed by atoms with Gasteiger partial charge < -0.3 is 15.0 Å². The van der Waals surface area contributed by atoms with E-state index in [2.05, 4.69) is 27.3 Å². The summed E-state index contributed by atoms with van der Waals surface area (Å²) >= 11 is 0. The molecule has 0 spiro atoms. The average Bonchev–Trinajstić information content (AvgIpc) is 2.66. The van der Waals surface area contributed by atoms with E-state index < -0.39 is 0 Å². The zero-order valence-electron chi connectivity index (χ0n) is 14.1. The smallest absolute Gasteiger partial charge is 0.141 e. The summed E-state index contributed by atoms with van der Waals surface area (Å²) in [5.41, 5.74) is 3.02. The van der Waals surface area contributed by atoms with Gasteiger partial charge >= 0.3 is 0 Å². The highest BCUT2D eigenvalue weighted by molar-refractivity contribution is 5.89. The first kappa shape index (κ1) is 15.8. The molecule has 128 valence electrons. The summed E-state index contributed by atoms with van der Waals surface area (Å²) in [5.74, 6) is 1.11. The predicted molar refractivity (Wildman–Crippen MR) is 98.0 cm³/mol. The Hall–Kier alpha value is -2.66. The van der Waals surface area contributed by atoms with Crippen molar-refractivity contribution >= 4 is 16.6 Å². The molecule has 1 saturated heterocycles. The Morgan fingerprint density at radius 3 is 2.60 bits per heavy atom. The van der Waals surface area contributed by atoms with E-state index in [0.717, 1.165) is 48.4 Å².